The summed E-state index contributed by atoms with van der Waals surface area (Å²) in [6.45, 7) is 0.943. The molecule has 0 saturated heterocycles. The summed E-state index contributed by atoms with van der Waals surface area (Å²) in [5.41, 5.74) is 0.596. The Morgan fingerprint density at radius 1 is 1.07 bits per heavy atom. The Hall–Kier alpha value is -3.46. The number of nitrogens with one attached hydrogen (secondary N) is 1. The molecule has 1 N–H and O–H groups in total. The predicted molar refractivity (Wildman–Crippen MR) is 113 cm³/mol. The zero-order valence-electron chi connectivity index (χ0n) is 15.8. The number of nitrogens with zero attached hydrogens (tertiary/aromatic N) is 2. The maximum absolute atomic E-state index is 12.7. The molecule has 0 bridgehead atoms. The number of hydrogen-bond donors (Lipinski definition) is 1. The first-order valence-corrected chi connectivity index (χ1v) is 10.5. The van der Waals surface area contributed by atoms with Crippen LogP contribution in [0, 0.1) is 17.0 Å². The lowest BCUT2D eigenvalue weighted by Crippen LogP contribution is -2.38. The highest BCUT2D eigenvalue weighted by atomic mass is 32.2. The third-order valence-electron chi connectivity index (χ3n) is 4.49. The molecule has 0 unspecified atom stereocenters. The number of carbonyl (C=O) groups excluding carboxylic acids is 1. The highest BCUT2D eigenvalue weighted by Crippen LogP contribution is 2.30. The Bertz CT molecular complexity index is 1200. The van der Waals surface area contributed by atoms with Crippen molar-refractivity contribution in [2.24, 2.45) is 0 Å². The lowest BCUT2D eigenvalue weighted by molar-refractivity contribution is -0.385. The Morgan fingerprint density at radius 3 is 2.41 bits per heavy atom. The highest BCUT2D eigenvalue weighted by Gasteiger charge is 2.26. The van der Waals surface area contributed by atoms with Gasteiger partial charge < -0.3 is 5.32 Å². The molecule has 0 aliphatic carbocycles. The predicted octanol–water partition coefficient (Wildman–Crippen LogP) is 3.46. The van der Waals surface area contributed by atoms with Crippen molar-refractivity contribution in [3.8, 4) is 0 Å². The summed E-state index contributed by atoms with van der Waals surface area (Å²) < 4.78 is 25.6. The van der Waals surface area contributed by atoms with Crippen molar-refractivity contribution in [1.82, 2.24) is 0 Å². The summed E-state index contributed by atoms with van der Waals surface area (Å²) >= 11 is 0. The van der Waals surface area contributed by atoms with Crippen LogP contribution < -0.4 is 9.62 Å². The van der Waals surface area contributed by atoms with Gasteiger partial charge >= 0.3 is 0 Å². The van der Waals surface area contributed by atoms with Crippen LogP contribution in [0.5, 0.6) is 0 Å². The van der Waals surface area contributed by atoms with E-state index in [0.29, 0.717) is 5.69 Å². The van der Waals surface area contributed by atoms with Gasteiger partial charge in [-0.3, -0.25) is 19.2 Å². The van der Waals surface area contributed by atoms with Crippen molar-refractivity contribution >= 4 is 43.8 Å². The van der Waals surface area contributed by atoms with E-state index in [1.807, 2.05) is 30.3 Å². The number of amides is 1. The number of nitro groups is 1. The van der Waals surface area contributed by atoms with Crippen LogP contribution in [0.15, 0.2) is 60.7 Å². The SMILES string of the molecule is Cc1c(N(CC(=O)Nc2cccc3ccccc23)S(C)(=O)=O)cccc1[N+](=O)[O-]. The second-order valence-electron chi connectivity index (χ2n) is 6.52. The highest BCUT2D eigenvalue weighted by molar-refractivity contribution is 7.92. The average molecular weight is 413 g/mol. The molecule has 0 saturated carbocycles. The molecule has 0 aromatic heterocycles. The average Bonchev–Trinajstić information content (AvgIpc) is 2.66. The fourth-order valence-corrected chi connectivity index (χ4v) is 4.02. The van der Waals surface area contributed by atoms with Gasteiger partial charge in [0, 0.05) is 17.1 Å². The van der Waals surface area contributed by atoms with Crippen LogP contribution in [0.3, 0.4) is 0 Å². The van der Waals surface area contributed by atoms with Gasteiger partial charge in [0.2, 0.25) is 15.9 Å². The second kappa shape index (κ2) is 7.88. The molecule has 1 amide bonds. The maximum Gasteiger partial charge on any atom is 0.274 e. The van der Waals surface area contributed by atoms with Crippen LogP contribution in [0.1, 0.15) is 5.56 Å². The number of nitro benzene ring substituents is 1. The van der Waals surface area contributed by atoms with E-state index in [0.717, 1.165) is 21.3 Å². The molecule has 0 heterocycles. The van der Waals surface area contributed by atoms with Crippen molar-refractivity contribution < 1.29 is 18.1 Å². The van der Waals surface area contributed by atoms with Crippen LogP contribution >= 0.6 is 0 Å². The summed E-state index contributed by atoms with van der Waals surface area (Å²) in [5.74, 6) is -0.558. The van der Waals surface area contributed by atoms with Crippen molar-refractivity contribution in [2.45, 2.75) is 6.92 Å². The standard InChI is InChI=1S/C20H19N3O5S/c1-14-18(11-6-12-19(14)23(25)26)22(29(2,27)28)13-20(24)21-17-10-5-8-15-7-3-4-9-16(15)17/h3-12H,13H2,1-2H3,(H,21,24). The first-order chi connectivity index (χ1) is 13.7. The minimum absolute atomic E-state index is 0.0924. The first-order valence-electron chi connectivity index (χ1n) is 8.68. The van der Waals surface area contributed by atoms with Gasteiger partial charge in [0.1, 0.15) is 6.54 Å². The van der Waals surface area contributed by atoms with Crippen molar-refractivity contribution in [2.75, 3.05) is 22.4 Å². The van der Waals surface area contributed by atoms with E-state index >= 15 is 0 Å². The number of sulfonamides is 1. The van der Waals surface area contributed by atoms with Gasteiger partial charge in [-0.05, 0) is 24.4 Å². The molecule has 3 rings (SSSR count). The number of fused-ring (bicyclic) bond motifs is 1. The van der Waals surface area contributed by atoms with Crippen LogP contribution in [-0.2, 0) is 14.8 Å². The summed E-state index contributed by atoms with van der Waals surface area (Å²) in [7, 11) is -3.86. The van der Waals surface area contributed by atoms with Gasteiger partial charge in [-0.2, -0.15) is 0 Å². The van der Waals surface area contributed by atoms with E-state index < -0.39 is 27.4 Å². The monoisotopic (exact) mass is 413 g/mol. The fourth-order valence-electron chi connectivity index (χ4n) is 3.12. The lowest BCUT2D eigenvalue weighted by atomic mass is 10.1. The molecule has 29 heavy (non-hydrogen) atoms. The Labute approximate surface area is 168 Å². The summed E-state index contributed by atoms with van der Waals surface area (Å²) in [6, 6.07) is 17.0. The first kappa shape index (κ1) is 20.3. The summed E-state index contributed by atoms with van der Waals surface area (Å²) in [4.78, 5) is 23.3. The molecule has 0 aliphatic rings. The number of carbonyl (C=O) groups is 1. The van der Waals surface area contributed by atoms with Crippen LogP contribution in [-0.4, -0.2) is 32.0 Å². The van der Waals surface area contributed by atoms with Gasteiger partial charge in [-0.25, -0.2) is 8.42 Å². The van der Waals surface area contributed by atoms with Gasteiger partial charge in [0.25, 0.3) is 5.69 Å². The Balaban J connectivity index is 1.93. The maximum atomic E-state index is 12.7. The molecule has 0 spiro atoms. The Kier molecular flexibility index (Phi) is 5.51. The number of anilines is 2. The largest absolute Gasteiger partial charge is 0.324 e. The Morgan fingerprint density at radius 2 is 1.72 bits per heavy atom. The number of hydrogen-bond acceptors (Lipinski definition) is 5. The molecule has 0 radical (unpaired) electrons. The van der Waals surface area contributed by atoms with Gasteiger partial charge in [0.15, 0.2) is 0 Å². The van der Waals surface area contributed by atoms with Crippen molar-refractivity contribution in [3.63, 3.8) is 0 Å². The molecular weight excluding hydrogens is 394 g/mol. The van der Waals surface area contributed by atoms with E-state index in [-0.39, 0.29) is 16.9 Å². The second-order valence-corrected chi connectivity index (χ2v) is 8.43. The van der Waals surface area contributed by atoms with Crippen molar-refractivity contribution in [3.05, 3.63) is 76.3 Å². The van der Waals surface area contributed by atoms with Crippen LogP contribution in [0.2, 0.25) is 0 Å². The normalized spacial score (nSPS) is 11.2. The number of rotatable bonds is 6. The summed E-state index contributed by atoms with van der Waals surface area (Å²) in [6.07, 6.45) is 0.955. The summed E-state index contributed by atoms with van der Waals surface area (Å²) in [5, 5.41) is 15.7. The third kappa shape index (κ3) is 4.35. The van der Waals surface area contributed by atoms with Gasteiger partial charge in [-0.15, -0.1) is 0 Å². The van der Waals surface area contributed by atoms with E-state index in [2.05, 4.69) is 5.32 Å². The van der Waals surface area contributed by atoms with Crippen molar-refractivity contribution in [1.29, 1.82) is 0 Å². The minimum Gasteiger partial charge on any atom is -0.324 e. The zero-order chi connectivity index (χ0) is 21.2. The topological polar surface area (TPSA) is 110 Å². The van der Waals surface area contributed by atoms with E-state index in [1.54, 1.807) is 12.1 Å². The minimum atomic E-state index is -3.86. The quantitative estimate of drug-likeness (QED) is 0.492. The van der Waals surface area contributed by atoms with Gasteiger partial charge in [0.05, 0.1) is 22.4 Å². The molecule has 9 heteroatoms. The molecule has 150 valence electrons. The van der Waals surface area contributed by atoms with E-state index in [9.17, 15) is 23.3 Å². The smallest absolute Gasteiger partial charge is 0.274 e. The van der Waals surface area contributed by atoms with Crippen LogP contribution in [0.25, 0.3) is 10.8 Å². The van der Waals surface area contributed by atoms with E-state index in [1.165, 1.54) is 25.1 Å². The molecule has 0 aliphatic heterocycles. The molecular formula is C20H19N3O5S. The molecule has 0 atom stereocenters. The fraction of sp³-hybridized carbons (Fsp3) is 0.150. The molecule has 0 fully saturated rings. The molecule has 3 aromatic carbocycles. The zero-order valence-corrected chi connectivity index (χ0v) is 16.6. The van der Waals surface area contributed by atoms with Crippen LogP contribution in [0.4, 0.5) is 17.1 Å². The third-order valence-corrected chi connectivity index (χ3v) is 5.62. The number of benzene rings is 3. The lowest BCUT2D eigenvalue weighted by Gasteiger charge is -2.23. The van der Waals surface area contributed by atoms with Gasteiger partial charge in [-0.1, -0.05) is 42.5 Å². The molecule has 3 aromatic rings. The van der Waals surface area contributed by atoms with E-state index in [4.69, 9.17) is 0 Å². The molecule has 8 nitrogen and oxygen atoms in total.